The fourth-order valence-electron chi connectivity index (χ4n) is 1.68. The number of rotatable bonds is 5. The van der Waals surface area contributed by atoms with Gasteiger partial charge < -0.3 is 15.7 Å². The second-order valence-electron chi connectivity index (χ2n) is 5.71. The van der Waals surface area contributed by atoms with Crippen molar-refractivity contribution in [3.05, 3.63) is 35.4 Å². The summed E-state index contributed by atoms with van der Waals surface area (Å²) in [6.07, 6.45) is 2.02. The predicted octanol–water partition coefficient (Wildman–Crippen LogP) is 1.17. The zero-order chi connectivity index (χ0) is 15.6. The lowest BCUT2D eigenvalue weighted by Gasteiger charge is -2.20. The second kappa shape index (κ2) is 5.55. The Kier molecular flexibility index (Phi) is 3.97. The van der Waals surface area contributed by atoms with Crippen LogP contribution in [0.4, 0.5) is 0 Å². The summed E-state index contributed by atoms with van der Waals surface area (Å²) in [5, 5.41) is 14.3. The van der Waals surface area contributed by atoms with Crippen LogP contribution < -0.4 is 10.6 Å². The van der Waals surface area contributed by atoms with Crippen LogP contribution in [0.1, 0.15) is 47.4 Å². The van der Waals surface area contributed by atoms with Crippen molar-refractivity contribution in [3.63, 3.8) is 0 Å². The van der Waals surface area contributed by atoms with E-state index in [0.29, 0.717) is 11.1 Å². The van der Waals surface area contributed by atoms with E-state index in [1.165, 1.54) is 26.0 Å². The average molecular weight is 290 g/mol. The highest BCUT2D eigenvalue weighted by Gasteiger charge is 2.29. The number of aliphatic carboxylic acids is 1. The van der Waals surface area contributed by atoms with Gasteiger partial charge in [-0.25, -0.2) is 4.79 Å². The van der Waals surface area contributed by atoms with E-state index in [1.54, 1.807) is 12.1 Å². The summed E-state index contributed by atoms with van der Waals surface area (Å²) < 4.78 is 0. The zero-order valence-corrected chi connectivity index (χ0v) is 12.0. The van der Waals surface area contributed by atoms with Crippen LogP contribution >= 0.6 is 0 Å². The molecule has 0 aromatic heterocycles. The number of carboxylic acids is 1. The quantitative estimate of drug-likeness (QED) is 0.758. The molecular formula is C15H18N2O4. The van der Waals surface area contributed by atoms with Gasteiger partial charge in [0.2, 0.25) is 0 Å². The van der Waals surface area contributed by atoms with Crippen LogP contribution in [-0.4, -0.2) is 34.5 Å². The van der Waals surface area contributed by atoms with Crippen LogP contribution in [-0.2, 0) is 4.79 Å². The number of carboxylic acid groups (broad SMARTS) is 1. The highest BCUT2D eigenvalue weighted by Crippen LogP contribution is 2.19. The molecule has 1 aromatic rings. The molecule has 1 fully saturated rings. The van der Waals surface area contributed by atoms with Crippen LogP contribution in [0.25, 0.3) is 0 Å². The molecule has 112 valence electrons. The van der Waals surface area contributed by atoms with Gasteiger partial charge in [0.05, 0.1) is 0 Å². The van der Waals surface area contributed by atoms with Crippen LogP contribution in [0.2, 0.25) is 0 Å². The van der Waals surface area contributed by atoms with Gasteiger partial charge in [0.25, 0.3) is 11.8 Å². The summed E-state index contributed by atoms with van der Waals surface area (Å²) in [5.74, 6) is -1.76. The lowest BCUT2D eigenvalue weighted by molar-refractivity contribution is -0.143. The third kappa shape index (κ3) is 3.81. The molecule has 0 bridgehead atoms. The largest absolute Gasteiger partial charge is 0.480 e. The Bertz CT molecular complexity index is 574. The van der Waals surface area contributed by atoms with Gasteiger partial charge in [0.1, 0.15) is 5.54 Å². The molecular weight excluding hydrogens is 272 g/mol. The van der Waals surface area contributed by atoms with Crippen molar-refractivity contribution in [1.29, 1.82) is 0 Å². The first-order chi connectivity index (χ1) is 9.79. The van der Waals surface area contributed by atoms with Crippen LogP contribution in [0.15, 0.2) is 24.3 Å². The topological polar surface area (TPSA) is 95.5 Å². The van der Waals surface area contributed by atoms with Gasteiger partial charge in [-0.2, -0.15) is 0 Å². The van der Waals surface area contributed by atoms with E-state index in [2.05, 4.69) is 10.6 Å². The van der Waals surface area contributed by atoms with Crippen LogP contribution in [0.5, 0.6) is 0 Å². The lowest BCUT2D eigenvalue weighted by atomic mass is 10.0. The Hall–Kier alpha value is -2.37. The Morgan fingerprint density at radius 3 is 1.95 bits per heavy atom. The minimum absolute atomic E-state index is 0.157. The smallest absolute Gasteiger partial charge is 0.328 e. The molecule has 0 heterocycles. The minimum atomic E-state index is -1.35. The van der Waals surface area contributed by atoms with Crippen molar-refractivity contribution in [3.8, 4) is 0 Å². The normalized spacial score (nSPS) is 14.4. The summed E-state index contributed by atoms with van der Waals surface area (Å²) >= 11 is 0. The number of amides is 2. The Morgan fingerprint density at radius 2 is 1.52 bits per heavy atom. The minimum Gasteiger partial charge on any atom is -0.480 e. The van der Waals surface area contributed by atoms with Gasteiger partial charge in [0, 0.05) is 17.2 Å². The van der Waals surface area contributed by atoms with Crippen molar-refractivity contribution in [1.82, 2.24) is 10.6 Å². The third-order valence-corrected chi connectivity index (χ3v) is 3.28. The first-order valence-corrected chi connectivity index (χ1v) is 6.76. The van der Waals surface area contributed by atoms with Crippen molar-refractivity contribution in [2.45, 2.75) is 38.3 Å². The van der Waals surface area contributed by atoms with Crippen LogP contribution in [0.3, 0.4) is 0 Å². The molecule has 6 nitrogen and oxygen atoms in total. The Morgan fingerprint density at radius 1 is 1.05 bits per heavy atom. The van der Waals surface area contributed by atoms with Crippen molar-refractivity contribution < 1.29 is 19.5 Å². The molecule has 0 spiro atoms. The summed E-state index contributed by atoms with van der Waals surface area (Å²) in [6.45, 7) is 2.81. The Balaban J connectivity index is 2.02. The molecule has 2 rings (SSSR count). The maximum atomic E-state index is 12.0. The molecule has 3 N–H and O–H groups in total. The first kappa shape index (κ1) is 15.0. The van der Waals surface area contributed by atoms with Gasteiger partial charge in [-0.15, -0.1) is 0 Å². The molecule has 0 unspecified atom stereocenters. The molecule has 0 radical (unpaired) electrons. The van der Waals surface area contributed by atoms with E-state index in [9.17, 15) is 14.4 Å². The number of benzene rings is 1. The van der Waals surface area contributed by atoms with Crippen molar-refractivity contribution in [2.75, 3.05) is 0 Å². The molecule has 0 saturated heterocycles. The number of carbonyl (C=O) groups is 3. The van der Waals surface area contributed by atoms with E-state index in [-0.39, 0.29) is 11.9 Å². The fraction of sp³-hybridized carbons (Fsp3) is 0.400. The molecule has 1 saturated carbocycles. The standard InChI is InChI=1S/C15H18N2O4/c1-15(2,14(20)21)17-13(19)10-5-3-9(4-6-10)12(18)16-11-7-8-11/h3-6,11H,7-8H2,1-2H3,(H,16,18)(H,17,19)(H,20,21). The zero-order valence-electron chi connectivity index (χ0n) is 12.0. The van der Waals surface area contributed by atoms with E-state index in [4.69, 9.17) is 5.11 Å². The van der Waals surface area contributed by atoms with Gasteiger partial charge in [0.15, 0.2) is 0 Å². The number of hydrogen-bond acceptors (Lipinski definition) is 3. The van der Waals surface area contributed by atoms with Gasteiger partial charge in [-0.1, -0.05) is 0 Å². The van der Waals surface area contributed by atoms with Gasteiger partial charge >= 0.3 is 5.97 Å². The monoisotopic (exact) mass is 290 g/mol. The SMILES string of the molecule is CC(C)(NC(=O)c1ccc(C(=O)NC2CC2)cc1)C(=O)O. The molecule has 0 atom stereocenters. The second-order valence-corrected chi connectivity index (χ2v) is 5.71. The van der Waals surface area contributed by atoms with E-state index >= 15 is 0 Å². The summed E-state index contributed by atoms with van der Waals surface area (Å²) in [7, 11) is 0. The predicted molar refractivity (Wildman–Crippen MR) is 76.1 cm³/mol. The Labute approximate surface area is 122 Å². The van der Waals surface area contributed by atoms with E-state index < -0.39 is 17.4 Å². The number of nitrogens with one attached hydrogen (secondary N) is 2. The molecule has 1 aromatic carbocycles. The highest BCUT2D eigenvalue weighted by atomic mass is 16.4. The number of hydrogen-bond donors (Lipinski definition) is 3. The molecule has 21 heavy (non-hydrogen) atoms. The van der Waals surface area contributed by atoms with Gasteiger partial charge in [-0.05, 0) is 51.0 Å². The van der Waals surface area contributed by atoms with E-state index in [1.807, 2.05) is 0 Å². The maximum absolute atomic E-state index is 12.0. The van der Waals surface area contributed by atoms with Crippen LogP contribution in [0, 0.1) is 0 Å². The fourth-order valence-corrected chi connectivity index (χ4v) is 1.68. The maximum Gasteiger partial charge on any atom is 0.328 e. The summed E-state index contributed by atoms with van der Waals surface area (Å²) in [5.41, 5.74) is -0.553. The molecule has 1 aliphatic carbocycles. The number of carbonyl (C=O) groups excluding carboxylic acids is 2. The molecule has 2 amide bonds. The first-order valence-electron chi connectivity index (χ1n) is 6.76. The molecule has 0 aliphatic heterocycles. The summed E-state index contributed by atoms with van der Waals surface area (Å²) in [4.78, 5) is 34.7. The third-order valence-electron chi connectivity index (χ3n) is 3.28. The van der Waals surface area contributed by atoms with Crippen molar-refractivity contribution in [2.24, 2.45) is 0 Å². The lowest BCUT2D eigenvalue weighted by Crippen LogP contribution is -2.49. The molecule has 1 aliphatic rings. The van der Waals surface area contributed by atoms with Gasteiger partial charge in [-0.3, -0.25) is 9.59 Å². The molecule has 6 heteroatoms. The average Bonchev–Trinajstić information content (AvgIpc) is 3.22. The highest BCUT2D eigenvalue weighted by molar-refractivity contribution is 5.99. The van der Waals surface area contributed by atoms with E-state index in [0.717, 1.165) is 12.8 Å². The van der Waals surface area contributed by atoms with Crippen molar-refractivity contribution >= 4 is 17.8 Å². The summed E-state index contributed by atoms with van der Waals surface area (Å²) in [6, 6.07) is 6.40.